The third kappa shape index (κ3) is 4.43. The largest absolute Gasteiger partial charge is 0.384 e. The summed E-state index contributed by atoms with van der Waals surface area (Å²) >= 11 is 0. The zero-order chi connectivity index (χ0) is 16.2. The molecule has 0 bridgehead atoms. The van der Waals surface area contributed by atoms with E-state index < -0.39 is 17.2 Å². The summed E-state index contributed by atoms with van der Waals surface area (Å²) in [6.45, 7) is 2.74. The van der Waals surface area contributed by atoms with Crippen molar-refractivity contribution in [2.75, 3.05) is 33.4 Å². The van der Waals surface area contributed by atoms with Crippen LogP contribution in [0.3, 0.4) is 0 Å². The molecule has 2 heterocycles. The maximum atomic E-state index is 12.2. The summed E-state index contributed by atoms with van der Waals surface area (Å²) in [7, 11) is 2.97. The minimum atomic E-state index is -0.604. The fraction of sp³-hybridized carbons (Fsp3) is 0.643. The Bertz CT molecular complexity index is 643. The zero-order valence-corrected chi connectivity index (χ0v) is 14.1. The van der Waals surface area contributed by atoms with Gasteiger partial charge in [0.25, 0.3) is 11.5 Å². The van der Waals surface area contributed by atoms with Gasteiger partial charge in [0.15, 0.2) is 0 Å². The summed E-state index contributed by atoms with van der Waals surface area (Å²) < 4.78 is 6.17. The predicted molar refractivity (Wildman–Crippen MR) is 88.3 cm³/mol. The van der Waals surface area contributed by atoms with Crippen LogP contribution in [0.5, 0.6) is 0 Å². The minimum absolute atomic E-state index is 0. The molecule has 0 spiro atoms. The Kier molecular flexibility index (Phi) is 6.99. The van der Waals surface area contributed by atoms with Gasteiger partial charge in [-0.1, -0.05) is 0 Å². The van der Waals surface area contributed by atoms with Gasteiger partial charge in [0.05, 0.1) is 6.61 Å². The molecule has 1 aromatic rings. The Morgan fingerprint density at radius 3 is 2.65 bits per heavy atom. The van der Waals surface area contributed by atoms with Crippen molar-refractivity contribution in [2.24, 2.45) is 12.5 Å². The van der Waals surface area contributed by atoms with Crippen molar-refractivity contribution in [1.82, 2.24) is 20.2 Å². The first-order chi connectivity index (χ1) is 10.5. The third-order valence-corrected chi connectivity index (χ3v) is 4.16. The van der Waals surface area contributed by atoms with Gasteiger partial charge >= 0.3 is 5.69 Å². The second-order valence-corrected chi connectivity index (χ2v) is 5.74. The van der Waals surface area contributed by atoms with Crippen LogP contribution in [0.2, 0.25) is 0 Å². The van der Waals surface area contributed by atoms with Crippen LogP contribution in [0.4, 0.5) is 0 Å². The topological polar surface area (TPSA) is 105 Å². The molecule has 1 aliphatic rings. The molecular weight excluding hydrogens is 324 g/mol. The number of methoxy groups -OCH3 is 1. The normalized spacial score (nSPS) is 16.4. The van der Waals surface area contributed by atoms with Crippen LogP contribution in [0.25, 0.3) is 0 Å². The molecule has 0 aromatic carbocycles. The van der Waals surface area contributed by atoms with Gasteiger partial charge in [-0.3, -0.25) is 14.2 Å². The Balaban J connectivity index is 0.00000264. The number of rotatable bonds is 5. The summed E-state index contributed by atoms with van der Waals surface area (Å²) in [5.74, 6) is -0.481. The standard InChI is InChI=1S/C14H22N4O4.ClH/c1-18-12(20)10(7-16-13(18)21)11(19)17-8-14(9-22-2)3-5-15-6-4-14;/h7,15H,3-6,8-9H2,1-2H3,(H,16,21)(H,17,19);1H. The van der Waals surface area contributed by atoms with Gasteiger partial charge in [-0.25, -0.2) is 4.79 Å². The van der Waals surface area contributed by atoms with E-state index in [9.17, 15) is 14.4 Å². The van der Waals surface area contributed by atoms with Crippen molar-refractivity contribution in [2.45, 2.75) is 12.8 Å². The zero-order valence-electron chi connectivity index (χ0n) is 13.3. The third-order valence-electron chi connectivity index (χ3n) is 4.16. The smallest absolute Gasteiger partial charge is 0.328 e. The molecule has 23 heavy (non-hydrogen) atoms. The number of carbonyl (C=O) groups is 1. The number of piperidine rings is 1. The molecule has 0 radical (unpaired) electrons. The Morgan fingerprint density at radius 1 is 1.39 bits per heavy atom. The first-order valence-corrected chi connectivity index (χ1v) is 7.26. The number of nitrogens with zero attached hydrogens (tertiary/aromatic N) is 1. The fourth-order valence-electron chi connectivity index (χ4n) is 2.73. The molecule has 1 fully saturated rings. The van der Waals surface area contributed by atoms with E-state index in [1.54, 1.807) is 7.11 Å². The molecule has 1 aliphatic heterocycles. The summed E-state index contributed by atoms with van der Waals surface area (Å²) in [6.07, 6.45) is 2.95. The summed E-state index contributed by atoms with van der Waals surface area (Å²) in [5, 5.41) is 6.08. The van der Waals surface area contributed by atoms with Crippen molar-refractivity contribution in [3.63, 3.8) is 0 Å². The lowest BCUT2D eigenvalue weighted by atomic mass is 9.79. The molecule has 2 rings (SSSR count). The average molecular weight is 347 g/mol. The van der Waals surface area contributed by atoms with Crippen LogP contribution in [-0.2, 0) is 11.8 Å². The highest BCUT2D eigenvalue weighted by Gasteiger charge is 2.32. The fourth-order valence-corrected chi connectivity index (χ4v) is 2.73. The molecule has 130 valence electrons. The lowest BCUT2D eigenvalue weighted by molar-refractivity contribution is 0.0511. The number of ether oxygens (including phenoxy) is 1. The van der Waals surface area contributed by atoms with Crippen LogP contribution >= 0.6 is 12.4 Å². The number of H-pyrrole nitrogens is 1. The minimum Gasteiger partial charge on any atom is -0.384 e. The number of nitrogens with one attached hydrogen (secondary N) is 3. The Hall–Kier alpha value is -1.64. The molecule has 3 N–H and O–H groups in total. The number of aromatic amines is 1. The summed E-state index contributed by atoms with van der Waals surface area (Å²) in [4.78, 5) is 37.8. The van der Waals surface area contributed by atoms with Gasteiger partial charge in [0, 0.05) is 32.3 Å². The second kappa shape index (κ2) is 8.28. The lowest BCUT2D eigenvalue weighted by Crippen LogP contribution is -2.48. The Labute approximate surface area is 140 Å². The monoisotopic (exact) mass is 346 g/mol. The lowest BCUT2D eigenvalue weighted by Gasteiger charge is -2.37. The van der Waals surface area contributed by atoms with Crippen LogP contribution in [-0.4, -0.2) is 48.8 Å². The SMILES string of the molecule is COCC1(CNC(=O)c2c[nH]c(=O)n(C)c2=O)CCNCC1.Cl. The summed E-state index contributed by atoms with van der Waals surface area (Å²) in [6, 6.07) is 0. The molecular formula is C14H23ClN4O4. The van der Waals surface area contributed by atoms with Crippen LogP contribution in [0.15, 0.2) is 15.8 Å². The van der Waals surface area contributed by atoms with Gasteiger partial charge in [-0.2, -0.15) is 0 Å². The van der Waals surface area contributed by atoms with Crippen molar-refractivity contribution in [3.05, 3.63) is 32.6 Å². The first-order valence-electron chi connectivity index (χ1n) is 7.26. The molecule has 0 aliphatic carbocycles. The van der Waals surface area contributed by atoms with Crippen LogP contribution in [0.1, 0.15) is 23.2 Å². The van der Waals surface area contributed by atoms with Gasteiger partial charge in [0.1, 0.15) is 5.56 Å². The molecule has 0 unspecified atom stereocenters. The van der Waals surface area contributed by atoms with E-state index in [0.717, 1.165) is 36.7 Å². The highest BCUT2D eigenvalue weighted by Crippen LogP contribution is 2.28. The second-order valence-electron chi connectivity index (χ2n) is 5.74. The number of hydrogen-bond acceptors (Lipinski definition) is 5. The molecule has 1 amide bonds. The Morgan fingerprint density at radius 2 is 2.04 bits per heavy atom. The number of aromatic nitrogens is 2. The van der Waals surface area contributed by atoms with Crippen molar-refractivity contribution in [1.29, 1.82) is 0 Å². The number of amides is 1. The molecule has 1 saturated heterocycles. The molecule has 8 nitrogen and oxygen atoms in total. The van der Waals surface area contributed by atoms with E-state index in [2.05, 4.69) is 15.6 Å². The predicted octanol–water partition coefficient (Wildman–Crippen LogP) is -0.759. The highest BCUT2D eigenvalue weighted by molar-refractivity contribution is 5.93. The van der Waals surface area contributed by atoms with Crippen molar-refractivity contribution in [3.8, 4) is 0 Å². The van der Waals surface area contributed by atoms with Crippen molar-refractivity contribution < 1.29 is 9.53 Å². The van der Waals surface area contributed by atoms with E-state index in [0.29, 0.717) is 13.2 Å². The van der Waals surface area contributed by atoms with E-state index >= 15 is 0 Å². The van der Waals surface area contributed by atoms with Gasteiger partial charge < -0.3 is 20.4 Å². The average Bonchev–Trinajstić information content (AvgIpc) is 2.52. The maximum Gasteiger partial charge on any atom is 0.328 e. The number of halogens is 1. The van der Waals surface area contributed by atoms with Crippen molar-refractivity contribution >= 4 is 18.3 Å². The number of carbonyl (C=O) groups excluding carboxylic acids is 1. The molecule has 0 atom stereocenters. The van der Waals surface area contributed by atoms with Crippen LogP contribution < -0.4 is 21.9 Å². The van der Waals surface area contributed by atoms with E-state index in [1.807, 2.05) is 0 Å². The first kappa shape index (κ1) is 19.4. The highest BCUT2D eigenvalue weighted by atomic mass is 35.5. The van der Waals surface area contributed by atoms with E-state index in [-0.39, 0.29) is 23.4 Å². The van der Waals surface area contributed by atoms with Gasteiger partial charge in [-0.15, -0.1) is 12.4 Å². The molecule has 0 saturated carbocycles. The van der Waals surface area contributed by atoms with Gasteiger partial charge in [-0.05, 0) is 25.9 Å². The van der Waals surface area contributed by atoms with E-state index in [1.165, 1.54) is 7.05 Å². The summed E-state index contributed by atoms with van der Waals surface area (Å²) in [5.41, 5.74) is -1.34. The number of hydrogen-bond donors (Lipinski definition) is 3. The molecule has 9 heteroatoms. The maximum absolute atomic E-state index is 12.2. The molecule has 1 aromatic heterocycles. The quantitative estimate of drug-likeness (QED) is 0.650. The van der Waals surface area contributed by atoms with E-state index in [4.69, 9.17) is 4.74 Å². The van der Waals surface area contributed by atoms with Gasteiger partial charge in [0.2, 0.25) is 0 Å². The van der Waals surface area contributed by atoms with Crippen LogP contribution in [0, 0.1) is 5.41 Å².